The fourth-order valence-corrected chi connectivity index (χ4v) is 7.72. The van der Waals surface area contributed by atoms with E-state index in [0.29, 0.717) is 36.4 Å². The maximum absolute atomic E-state index is 14.9. The Kier molecular flexibility index (Phi) is 16.4. The molecule has 2 amide bonds. The molecule has 0 aliphatic carbocycles. The monoisotopic (exact) mass is 878 g/mol. The molecule has 2 N–H and O–H groups in total. The van der Waals surface area contributed by atoms with Gasteiger partial charge in [-0.05, 0) is 134 Å². The van der Waals surface area contributed by atoms with Crippen molar-refractivity contribution in [3.63, 3.8) is 0 Å². The molecule has 4 heterocycles. The van der Waals surface area contributed by atoms with E-state index in [0.717, 1.165) is 52.8 Å². The van der Waals surface area contributed by atoms with Crippen LogP contribution in [0.4, 0.5) is 25.0 Å². The van der Waals surface area contributed by atoms with Crippen LogP contribution >= 0.6 is 0 Å². The lowest BCUT2D eigenvalue weighted by molar-refractivity contribution is 0.0591. The van der Waals surface area contributed by atoms with E-state index in [2.05, 4.69) is 44.2 Å². The minimum atomic E-state index is -0.603. The minimum Gasteiger partial charge on any atom is -0.465 e. The molecule has 64 heavy (non-hydrogen) atoms. The van der Waals surface area contributed by atoms with Gasteiger partial charge in [-0.2, -0.15) is 10.2 Å². The highest BCUT2D eigenvalue weighted by Crippen LogP contribution is 2.28. The summed E-state index contributed by atoms with van der Waals surface area (Å²) in [5.41, 5.74) is 4.64. The van der Waals surface area contributed by atoms with Crippen molar-refractivity contribution >= 4 is 51.2 Å². The number of piperidine rings is 2. The molecule has 6 aromatic rings. The number of amides is 2. The van der Waals surface area contributed by atoms with E-state index in [1.165, 1.54) is 64.8 Å². The second-order valence-electron chi connectivity index (χ2n) is 16.6. The van der Waals surface area contributed by atoms with E-state index < -0.39 is 23.6 Å². The number of hydrogen-bond donors (Lipinski definition) is 2. The first-order valence-electron chi connectivity index (χ1n) is 22.1. The Balaban J connectivity index is 0.000000193. The van der Waals surface area contributed by atoms with Crippen LogP contribution in [0.5, 0.6) is 0 Å². The average Bonchev–Trinajstić information content (AvgIpc) is 3.96. The van der Waals surface area contributed by atoms with Crippen molar-refractivity contribution < 1.29 is 32.6 Å². The average molecular weight is 879 g/mol. The van der Waals surface area contributed by atoms with Gasteiger partial charge in [0, 0.05) is 65.0 Å². The van der Waals surface area contributed by atoms with Gasteiger partial charge in [0.05, 0.1) is 55.3 Å². The molecular weight excluding hydrogens is 819 g/mol. The quantitative estimate of drug-likeness (QED) is 0.129. The summed E-state index contributed by atoms with van der Waals surface area (Å²) in [4.78, 5) is 40.2. The number of methoxy groups -OCH3 is 2. The smallest absolute Gasteiger partial charge is 0.337 e. The fraction of sp³-hybridized carbons (Fsp3) is 0.408. The lowest BCUT2D eigenvalue weighted by Crippen LogP contribution is -2.45. The second kappa shape index (κ2) is 22.3. The molecule has 2 fully saturated rings. The van der Waals surface area contributed by atoms with Crippen LogP contribution in [0.25, 0.3) is 21.8 Å². The number of esters is 2. The molecule has 13 nitrogen and oxygen atoms in total. The number of nitrogens with zero attached hydrogens (tertiary/aromatic N) is 6. The van der Waals surface area contributed by atoms with Gasteiger partial charge in [0.15, 0.2) is 0 Å². The van der Waals surface area contributed by atoms with Crippen LogP contribution in [0.1, 0.15) is 110 Å². The largest absolute Gasteiger partial charge is 0.465 e. The summed E-state index contributed by atoms with van der Waals surface area (Å²) in [6, 6.07) is 20.5. The summed E-state index contributed by atoms with van der Waals surface area (Å²) in [6.45, 7) is 12.5. The van der Waals surface area contributed by atoms with E-state index in [-0.39, 0.29) is 35.8 Å². The summed E-state index contributed by atoms with van der Waals surface area (Å²) in [5.74, 6) is -2.15. The summed E-state index contributed by atoms with van der Waals surface area (Å²) >= 11 is 0. The van der Waals surface area contributed by atoms with Crippen LogP contribution in [-0.4, -0.2) is 82.8 Å². The van der Waals surface area contributed by atoms with Crippen molar-refractivity contribution in [3.8, 4) is 0 Å². The fourth-order valence-electron chi connectivity index (χ4n) is 7.72. The maximum atomic E-state index is 14.9. The first-order valence-corrected chi connectivity index (χ1v) is 22.1. The summed E-state index contributed by atoms with van der Waals surface area (Å²) < 4.78 is 42.2. The Labute approximate surface area is 373 Å². The first kappa shape index (κ1) is 47.1. The highest BCUT2D eigenvalue weighted by Gasteiger charge is 2.26. The standard InChI is InChI=1S/C25H29FN4O3.C19H20FN3O2.C5H11N/c1-17(2)30-23-14-21(10-9-19(23)15-27-30)29(25(32)28-11-5-4-6-12-28)16-20-8-7-18(13-22(20)26)24(31)33-3;1-12(2)23-18-9-16(7-6-15(18)11-22-23)21-10-14-5-4-13(8-17(14)20)19(24)25-3;1-2-4-6-5-3-1/h7-10,13-15,17H,4-6,11-12,16H2,1-3H3;4-9,11-12,21H,10H2,1-3H3;6H,1-5H2. The van der Waals surface area contributed by atoms with Crippen molar-refractivity contribution in [3.05, 3.63) is 119 Å². The molecule has 2 aliphatic rings. The second-order valence-corrected chi connectivity index (χ2v) is 16.6. The number of halogens is 2. The third-order valence-electron chi connectivity index (χ3n) is 11.3. The predicted octanol–water partition coefficient (Wildman–Crippen LogP) is 10.1. The van der Waals surface area contributed by atoms with Crippen LogP contribution in [0.15, 0.2) is 85.2 Å². The van der Waals surface area contributed by atoms with Crippen LogP contribution < -0.4 is 15.5 Å². The maximum Gasteiger partial charge on any atom is 0.337 e. The van der Waals surface area contributed by atoms with Crippen LogP contribution in [0, 0.1) is 11.6 Å². The Morgan fingerprint density at radius 3 is 1.72 bits per heavy atom. The predicted molar refractivity (Wildman–Crippen MR) is 247 cm³/mol. The molecule has 2 saturated heterocycles. The third-order valence-corrected chi connectivity index (χ3v) is 11.3. The molecule has 0 bridgehead atoms. The highest BCUT2D eigenvalue weighted by atomic mass is 19.1. The van der Waals surface area contributed by atoms with Crippen molar-refractivity contribution in [1.82, 2.24) is 29.8 Å². The molecule has 0 atom stereocenters. The molecule has 0 spiro atoms. The van der Waals surface area contributed by atoms with Gasteiger partial charge in [-0.1, -0.05) is 18.6 Å². The molecule has 2 aliphatic heterocycles. The van der Waals surface area contributed by atoms with Gasteiger partial charge >= 0.3 is 18.0 Å². The topological polar surface area (TPSA) is 136 Å². The zero-order valence-corrected chi connectivity index (χ0v) is 37.7. The number of nitrogens with one attached hydrogen (secondary N) is 2. The van der Waals surface area contributed by atoms with Crippen molar-refractivity contribution in [1.29, 1.82) is 0 Å². The zero-order valence-electron chi connectivity index (χ0n) is 37.7. The van der Waals surface area contributed by atoms with Gasteiger partial charge < -0.3 is 25.0 Å². The zero-order chi connectivity index (χ0) is 45.8. The Morgan fingerprint density at radius 1 is 0.688 bits per heavy atom. The van der Waals surface area contributed by atoms with Crippen molar-refractivity contribution in [2.75, 3.05) is 50.6 Å². The molecule has 4 aromatic carbocycles. The summed E-state index contributed by atoms with van der Waals surface area (Å²) in [5, 5.41) is 17.4. The lowest BCUT2D eigenvalue weighted by atomic mass is 10.1. The number of urea groups is 1. The van der Waals surface area contributed by atoms with Gasteiger partial charge in [0.2, 0.25) is 0 Å². The number of hydrogen-bond acceptors (Lipinski definition) is 9. The Bertz CT molecular complexity index is 2510. The number of aromatic nitrogens is 4. The van der Waals surface area contributed by atoms with Gasteiger partial charge in [0.1, 0.15) is 11.6 Å². The normalized spacial score (nSPS) is 13.8. The number of carbonyl (C=O) groups is 3. The van der Waals surface area contributed by atoms with Crippen molar-refractivity contribution in [2.45, 2.75) is 91.4 Å². The number of benzene rings is 4. The number of fused-ring (bicyclic) bond motifs is 2. The van der Waals surface area contributed by atoms with E-state index in [1.54, 1.807) is 23.2 Å². The Hall–Kier alpha value is -6.35. The van der Waals surface area contributed by atoms with Crippen LogP contribution in [0.2, 0.25) is 0 Å². The van der Waals surface area contributed by atoms with E-state index in [1.807, 2.05) is 70.7 Å². The van der Waals surface area contributed by atoms with Gasteiger partial charge in [-0.25, -0.2) is 23.2 Å². The minimum absolute atomic E-state index is 0.0456. The number of anilines is 2. The molecule has 15 heteroatoms. The van der Waals surface area contributed by atoms with E-state index in [4.69, 9.17) is 0 Å². The SMILES string of the molecule is C1CCNCC1.COC(=O)c1ccc(CN(C(=O)N2CCCCC2)c2ccc3cnn(C(C)C)c3c2)c(F)c1.COC(=O)c1ccc(CNc2ccc3cnn(C(C)C)c3c2)c(F)c1. The van der Waals surface area contributed by atoms with Gasteiger partial charge in [-0.15, -0.1) is 0 Å². The first-order chi connectivity index (χ1) is 30.9. The molecule has 8 rings (SSSR count). The number of likely N-dealkylation sites (tertiary alicyclic amines) is 1. The van der Waals surface area contributed by atoms with Crippen molar-refractivity contribution in [2.24, 2.45) is 0 Å². The summed E-state index contributed by atoms with van der Waals surface area (Å²) in [7, 11) is 2.53. The molecule has 340 valence electrons. The van der Waals surface area contributed by atoms with E-state index >= 15 is 0 Å². The number of carbonyl (C=O) groups excluding carboxylic acids is 3. The molecule has 0 unspecified atom stereocenters. The van der Waals surface area contributed by atoms with Crippen LogP contribution in [-0.2, 0) is 22.6 Å². The van der Waals surface area contributed by atoms with Crippen LogP contribution in [0.3, 0.4) is 0 Å². The highest BCUT2D eigenvalue weighted by molar-refractivity contribution is 5.95. The molecule has 2 aromatic heterocycles. The number of ether oxygens (including phenoxy) is 2. The number of rotatable bonds is 10. The molecule has 0 saturated carbocycles. The lowest BCUT2D eigenvalue weighted by Gasteiger charge is -2.33. The molecular formula is C49H60F2N8O5. The molecule has 0 radical (unpaired) electrons. The van der Waals surface area contributed by atoms with Gasteiger partial charge in [0.25, 0.3) is 0 Å². The third kappa shape index (κ3) is 11.8. The van der Waals surface area contributed by atoms with Gasteiger partial charge in [-0.3, -0.25) is 14.3 Å². The van der Waals surface area contributed by atoms with E-state index in [9.17, 15) is 23.2 Å². The Morgan fingerprint density at radius 2 is 1.22 bits per heavy atom. The summed E-state index contributed by atoms with van der Waals surface area (Å²) in [6.07, 6.45) is 10.9.